The van der Waals surface area contributed by atoms with Crippen LogP contribution in [0.1, 0.15) is 18.4 Å². The van der Waals surface area contributed by atoms with Gasteiger partial charge in [-0.2, -0.15) is 4.98 Å². The number of nitrogens with zero attached hydrogens (tertiary/aromatic N) is 2. The Morgan fingerprint density at radius 3 is 3.11 bits per heavy atom. The summed E-state index contributed by atoms with van der Waals surface area (Å²) < 4.78 is 11.7. The van der Waals surface area contributed by atoms with E-state index in [-0.39, 0.29) is 12.1 Å². The minimum absolute atomic E-state index is 0.0969. The van der Waals surface area contributed by atoms with Crippen LogP contribution in [0, 0.1) is 0 Å². The smallest absolute Gasteiger partial charge is 0.244 e. The summed E-state index contributed by atoms with van der Waals surface area (Å²) in [6.07, 6.45) is 1.09. The van der Waals surface area contributed by atoms with Gasteiger partial charge in [0.25, 0.3) is 0 Å². The van der Waals surface area contributed by atoms with Crippen LogP contribution in [0.4, 0.5) is 0 Å². The van der Waals surface area contributed by atoms with Gasteiger partial charge in [0.05, 0.1) is 20.8 Å². The second kappa shape index (κ2) is 5.08. The minimum Gasteiger partial charge on any atom is -0.380 e. The Morgan fingerprint density at radius 2 is 2.44 bits per heavy atom. The molecule has 1 aliphatic heterocycles. The van der Waals surface area contributed by atoms with Crippen molar-refractivity contribution >= 4 is 27.3 Å². The maximum absolute atomic E-state index is 5.32. The molecule has 1 N–H and O–H groups in total. The van der Waals surface area contributed by atoms with Crippen molar-refractivity contribution in [2.75, 3.05) is 13.7 Å². The third kappa shape index (κ3) is 2.35. The summed E-state index contributed by atoms with van der Waals surface area (Å²) in [5.41, 5.74) is 0. The van der Waals surface area contributed by atoms with Gasteiger partial charge in [-0.25, -0.2) is 0 Å². The largest absolute Gasteiger partial charge is 0.380 e. The summed E-state index contributed by atoms with van der Waals surface area (Å²) in [6, 6.07) is 4.05. The van der Waals surface area contributed by atoms with Crippen LogP contribution < -0.4 is 5.32 Å². The van der Waals surface area contributed by atoms with Crippen molar-refractivity contribution in [3.8, 4) is 10.7 Å². The van der Waals surface area contributed by atoms with Gasteiger partial charge in [-0.15, -0.1) is 11.3 Å². The zero-order valence-electron chi connectivity index (χ0n) is 9.72. The molecule has 0 radical (unpaired) electrons. The van der Waals surface area contributed by atoms with Crippen molar-refractivity contribution in [1.29, 1.82) is 0 Å². The minimum atomic E-state index is 0.0969. The van der Waals surface area contributed by atoms with E-state index in [2.05, 4.69) is 31.4 Å². The fourth-order valence-corrected chi connectivity index (χ4v) is 3.29. The second-order valence-corrected chi connectivity index (χ2v) is 6.58. The molecular weight excluding hydrogens is 318 g/mol. The molecular formula is C11H12BrN3O2S. The molecule has 2 atom stereocenters. The third-order valence-electron chi connectivity index (χ3n) is 2.96. The molecule has 18 heavy (non-hydrogen) atoms. The summed E-state index contributed by atoms with van der Waals surface area (Å²) in [5.74, 6) is 1.28. The average molecular weight is 330 g/mol. The van der Waals surface area contributed by atoms with Crippen LogP contribution in [0.2, 0.25) is 0 Å². The molecule has 2 aromatic heterocycles. The van der Waals surface area contributed by atoms with Gasteiger partial charge in [0.2, 0.25) is 11.7 Å². The van der Waals surface area contributed by atoms with Crippen molar-refractivity contribution in [3.63, 3.8) is 0 Å². The van der Waals surface area contributed by atoms with Gasteiger partial charge in [0.15, 0.2) is 0 Å². The fourth-order valence-electron chi connectivity index (χ4n) is 1.98. The monoisotopic (exact) mass is 329 g/mol. The van der Waals surface area contributed by atoms with Crippen molar-refractivity contribution in [3.05, 3.63) is 21.8 Å². The van der Waals surface area contributed by atoms with Gasteiger partial charge in [-0.05, 0) is 34.5 Å². The predicted octanol–water partition coefficient (Wildman–Crippen LogP) is 2.61. The van der Waals surface area contributed by atoms with E-state index in [4.69, 9.17) is 9.26 Å². The summed E-state index contributed by atoms with van der Waals surface area (Å²) >= 11 is 5.01. The Balaban J connectivity index is 1.78. The van der Waals surface area contributed by atoms with E-state index < -0.39 is 0 Å². The van der Waals surface area contributed by atoms with Crippen LogP contribution in [0.5, 0.6) is 0 Å². The number of rotatable bonds is 3. The summed E-state index contributed by atoms with van der Waals surface area (Å²) in [4.78, 5) is 5.44. The zero-order chi connectivity index (χ0) is 12.5. The van der Waals surface area contributed by atoms with Crippen LogP contribution in [0.25, 0.3) is 10.7 Å². The molecule has 7 heteroatoms. The lowest BCUT2D eigenvalue weighted by Gasteiger charge is -2.04. The lowest BCUT2D eigenvalue weighted by atomic mass is 10.2. The average Bonchev–Trinajstić information content (AvgIpc) is 3.07. The number of aromatic nitrogens is 2. The first-order valence-corrected chi connectivity index (χ1v) is 7.22. The number of thiophene rings is 1. The first-order valence-electron chi connectivity index (χ1n) is 5.62. The lowest BCUT2D eigenvalue weighted by Crippen LogP contribution is -2.16. The van der Waals surface area contributed by atoms with Crippen molar-refractivity contribution in [2.45, 2.75) is 18.6 Å². The third-order valence-corrected chi connectivity index (χ3v) is 4.58. The van der Waals surface area contributed by atoms with Crippen LogP contribution >= 0.6 is 27.3 Å². The molecule has 0 amide bonds. The molecule has 0 aromatic carbocycles. The van der Waals surface area contributed by atoms with Gasteiger partial charge in [0.1, 0.15) is 0 Å². The quantitative estimate of drug-likeness (QED) is 0.937. The van der Waals surface area contributed by atoms with Crippen LogP contribution in [-0.4, -0.2) is 29.9 Å². The first kappa shape index (κ1) is 12.3. The van der Waals surface area contributed by atoms with E-state index in [1.807, 2.05) is 12.1 Å². The van der Waals surface area contributed by atoms with Crippen LogP contribution in [-0.2, 0) is 4.74 Å². The Morgan fingerprint density at radius 1 is 1.56 bits per heavy atom. The Kier molecular flexibility index (Phi) is 3.47. The maximum Gasteiger partial charge on any atom is 0.244 e. The number of hydrogen-bond donors (Lipinski definition) is 1. The van der Waals surface area contributed by atoms with E-state index in [1.54, 1.807) is 18.4 Å². The highest BCUT2D eigenvalue weighted by atomic mass is 79.9. The highest BCUT2D eigenvalue weighted by Crippen LogP contribution is 2.31. The lowest BCUT2D eigenvalue weighted by molar-refractivity contribution is 0.116. The van der Waals surface area contributed by atoms with Crippen molar-refractivity contribution in [1.82, 2.24) is 15.5 Å². The second-order valence-electron chi connectivity index (χ2n) is 4.11. The molecule has 0 spiro atoms. The topological polar surface area (TPSA) is 60.2 Å². The summed E-state index contributed by atoms with van der Waals surface area (Å²) in [5, 5.41) is 7.33. The predicted molar refractivity (Wildman–Crippen MR) is 71.5 cm³/mol. The molecule has 3 heterocycles. The Bertz CT molecular complexity index is 542. The molecule has 0 aliphatic carbocycles. The molecule has 1 aliphatic rings. The molecule has 2 aromatic rings. The van der Waals surface area contributed by atoms with Gasteiger partial charge in [0, 0.05) is 13.7 Å². The summed E-state index contributed by atoms with van der Waals surface area (Å²) in [7, 11) is 1.72. The molecule has 1 fully saturated rings. The van der Waals surface area contributed by atoms with E-state index in [0.717, 1.165) is 21.6 Å². The zero-order valence-corrected chi connectivity index (χ0v) is 12.1. The summed E-state index contributed by atoms with van der Waals surface area (Å²) in [6.45, 7) is 0.823. The molecule has 5 nitrogen and oxygen atoms in total. The van der Waals surface area contributed by atoms with Crippen LogP contribution in [0.15, 0.2) is 20.4 Å². The van der Waals surface area contributed by atoms with Gasteiger partial charge in [-0.3, -0.25) is 0 Å². The number of ether oxygens (including phenoxy) is 1. The highest BCUT2D eigenvalue weighted by Gasteiger charge is 2.29. The van der Waals surface area contributed by atoms with E-state index in [1.165, 1.54) is 0 Å². The van der Waals surface area contributed by atoms with Gasteiger partial charge < -0.3 is 14.6 Å². The first-order chi connectivity index (χ1) is 8.76. The Labute approximate surface area is 117 Å². The van der Waals surface area contributed by atoms with Gasteiger partial charge in [-0.1, -0.05) is 5.16 Å². The molecule has 3 rings (SSSR count). The number of hydrogen-bond acceptors (Lipinski definition) is 6. The molecule has 0 bridgehead atoms. The molecule has 2 unspecified atom stereocenters. The number of nitrogens with one attached hydrogen (secondary N) is 1. The number of methoxy groups -OCH3 is 1. The van der Waals surface area contributed by atoms with Crippen LogP contribution in [0.3, 0.4) is 0 Å². The standard InChI is InChI=1S/C11H12BrN3O2S/c1-16-6-4-7(13-5-6)11-14-10(15-17-11)8-2-3-9(12)18-8/h2-3,6-7,13H,4-5H2,1H3. The molecule has 0 saturated carbocycles. The molecule has 1 saturated heterocycles. The van der Waals surface area contributed by atoms with Crippen molar-refractivity contribution < 1.29 is 9.26 Å². The van der Waals surface area contributed by atoms with E-state index in [9.17, 15) is 0 Å². The highest BCUT2D eigenvalue weighted by molar-refractivity contribution is 9.11. The SMILES string of the molecule is COC1CNC(c2nc(-c3ccc(Br)s3)no2)C1. The fraction of sp³-hybridized carbons (Fsp3) is 0.455. The maximum atomic E-state index is 5.32. The molecule has 96 valence electrons. The van der Waals surface area contributed by atoms with E-state index in [0.29, 0.717) is 11.7 Å². The van der Waals surface area contributed by atoms with Crippen molar-refractivity contribution in [2.24, 2.45) is 0 Å². The normalized spacial score (nSPS) is 23.7. The Hall–Kier alpha value is -0.760. The van der Waals surface area contributed by atoms with E-state index >= 15 is 0 Å². The van der Waals surface area contributed by atoms with Gasteiger partial charge >= 0.3 is 0 Å². The number of halogens is 1.